The lowest BCUT2D eigenvalue weighted by Crippen LogP contribution is -2.45. The Balaban J connectivity index is 3.08. The Labute approximate surface area is 124 Å². The summed E-state index contributed by atoms with van der Waals surface area (Å²) in [7, 11) is 0. The molecular formula is C15H25BrN2O. The standard InChI is InChI=1S/C15H25BrN2O/c1-4-14(17)15(18(9-10-19)11(2)3)12-5-7-13(16)8-6-12/h5-8,11,14-15,19H,4,9-10,17H2,1-3H3. The van der Waals surface area contributed by atoms with Gasteiger partial charge in [0.25, 0.3) is 0 Å². The van der Waals surface area contributed by atoms with E-state index >= 15 is 0 Å². The van der Waals surface area contributed by atoms with Crippen LogP contribution in [0.25, 0.3) is 0 Å². The monoisotopic (exact) mass is 328 g/mol. The maximum Gasteiger partial charge on any atom is 0.0558 e. The van der Waals surface area contributed by atoms with Crippen LogP contribution in [-0.4, -0.2) is 35.2 Å². The third-order valence-electron chi connectivity index (χ3n) is 3.47. The Morgan fingerprint density at radius 3 is 2.26 bits per heavy atom. The first-order valence-electron chi connectivity index (χ1n) is 6.88. The van der Waals surface area contributed by atoms with Crippen LogP contribution in [0.15, 0.2) is 28.7 Å². The highest BCUT2D eigenvalue weighted by atomic mass is 79.9. The SMILES string of the molecule is CCC(N)C(c1ccc(Br)cc1)N(CCO)C(C)C. The van der Waals surface area contributed by atoms with Crippen molar-refractivity contribution in [2.45, 2.75) is 45.3 Å². The van der Waals surface area contributed by atoms with Gasteiger partial charge in [-0.3, -0.25) is 4.90 Å². The molecule has 1 aromatic carbocycles. The summed E-state index contributed by atoms with van der Waals surface area (Å²) >= 11 is 3.46. The van der Waals surface area contributed by atoms with Crippen molar-refractivity contribution in [1.29, 1.82) is 0 Å². The molecule has 0 radical (unpaired) electrons. The highest BCUT2D eigenvalue weighted by Gasteiger charge is 2.27. The molecule has 0 saturated heterocycles. The van der Waals surface area contributed by atoms with E-state index in [1.54, 1.807) is 0 Å². The number of aliphatic hydroxyl groups is 1. The van der Waals surface area contributed by atoms with Gasteiger partial charge in [0.05, 0.1) is 12.6 Å². The molecule has 0 spiro atoms. The largest absolute Gasteiger partial charge is 0.395 e. The molecule has 4 heteroatoms. The number of halogens is 1. The lowest BCUT2D eigenvalue weighted by atomic mass is 9.95. The third kappa shape index (κ3) is 4.56. The molecule has 0 aromatic heterocycles. The summed E-state index contributed by atoms with van der Waals surface area (Å²) in [6, 6.07) is 8.86. The Kier molecular flexibility index (Phi) is 7.00. The molecule has 0 saturated carbocycles. The highest BCUT2D eigenvalue weighted by molar-refractivity contribution is 9.10. The average molecular weight is 329 g/mol. The highest BCUT2D eigenvalue weighted by Crippen LogP contribution is 2.28. The minimum atomic E-state index is 0.0649. The molecule has 1 rings (SSSR count). The number of rotatable bonds is 7. The number of nitrogens with zero attached hydrogens (tertiary/aromatic N) is 1. The zero-order chi connectivity index (χ0) is 14.4. The minimum Gasteiger partial charge on any atom is -0.395 e. The molecule has 3 N–H and O–H groups in total. The van der Waals surface area contributed by atoms with Crippen LogP contribution in [0, 0.1) is 0 Å². The van der Waals surface area contributed by atoms with Crippen LogP contribution in [0.4, 0.5) is 0 Å². The van der Waals surface area contributed by atoms with E-state index < -0.39 is 0 Å². The predicted molar refractivity (Wildman–Crippen MR) is 84.1 cm³/mol. The average Bonchev–Trinajstić information content (AvgIpc) is 2.39. The van der Waals surface area contributed by atoms with Crippen LogP contribution in [0.3, 0.4) is 0 Å². The van der Waals surface area contributed by atoms with Gasteiger partial charge in [-0.1, -0.05) is 35.0 Å². The van der Waals surface area contributed by atoms with Gasteiger partial charge in [0.2, 0.25) is 0 Å². The summed E-state index contributed by atoms with van der Waals surface area (Å²) in [5.41, 5.74) is 7.53. The van der Waals surface area contributed by atoms with E-state index in [9.17, 15) is 5.11 Å². The van der Waals surface area contributed by atoms with E-state index in [0.29, 0.717) is 12.6 Å². The zero-order valence-electron chi connectivity index (χ0n) is 12.0. The Hall–Kier alpha value is -0.420. The molecule has 19 heavy (non-hydrogen) atoms. The van der Waals surface area contributed by atoms with Gasteiger partial charge in [-0.2, -0.15) is 0 Å². The minimum absolute atomic E-state index is 0.0649. The summed E-state index contributed by atoms with van der Waals surface area (Å²) in [5.74, 6) is 0. The van der Waals surface area contributed by atoms with Crippen molar-refractivity contribution in [3.63, 3.8) is 0 Å². The molecular weight excluding hydrogens is 304 g/mol. The molecule has 108 valence electrons. The van der Waals surface area contributed by atoms with Crippen molar-refractivity contribution < 1.29 is 5.11 Å². The molecule has 2 unspecified atom stereocenters. The first-order valence-corrected chi connectivity index (χ1v) is 7.68. The van der Waals surface area contributed by atoms with E-state index in [1.165, 1.54) is 5.56 Å². The Morgan fingerprint density at radius 2 is 1.84 bits per heavy atom. The predicted octanol–water partition coefficient (Wildman–Crippen LogP) is 2.93. The van der Waals surface area contributed by atoms with Crippen LogP contribution in [0.2, 0.25) is 0 Å². The van der Waals surface area contributed by atoms with Crippen molar-refractivity contribution in [1.82, 2.24) is 4.90 Å². The van der Waals surface area contributed by atoms with Crippen LogP contribution in [-0.2, 0) is 0 Å². The fourth-order valence-corrected chi connectivity index (χ4v) is 2.67. The lowest BCUT2D eigenvalue weighted by Gasteiger charge is -2.38. The second-order valence-corrected chi connectivity index (χ2v) is 6.04. The van der Waals surface area contributed by atoms with Gasteiger partial charge in [0, 0.05) is 23.1 Å². The van der Waals surface area contributed by atoms with E-state index in [2.05, 4.69) is 53.7 Å². The second-order valence-electron chi connectivity index (χ2n) is 5.12. The normalized spacial score (nSPS) is 14.9. The fraction of sp³-hybridized carbons (Fsp3) is 0.600. The van der Waals surface area contributed by atoms with E-state index in [1.807, 2.05) is 12.1 Å². The lowest BCUT2D eigenvalue weighted by molar-refractivity contribution is 0.101. The Bertz CT molecular complexity index is 367. The van der Waals surface area contributed by atoms with Gasteiger partial charge in [-0.25, -0.2) is 0 Å². The first-order chi connectivity index (χ1) is 9.01. The molecule has 0 heterocycles. The molecule has 0 bridgehead atoms. The number of nitrogens with two attached hydrogens (primary N) is 1. The summed E-state index contributed by atoms with van der Waals surface area (Å²) < 4.78 is 1.07. The van der Waals surface area contributed by atoms with Crippen molar-refractivity contribution >= 4 is 15.9 Å². The molecule has 3 nitrogen and oxygen atoms in total. The van der Waals surface area contributed by atoms with Gasteiger partial charge in [-0.15, -0.1) is 0 Å². The van der Waals surface area contributed by atoms with Crippen molar-refractivity contribution in [2.24, 2.45) is 5.73 Å². The zero-order valence-corrected chi connectivity index (χ0v) is 13.6. The van der Waals surface area contributed by atoms with E-state index in [0.717, 1.165) is 10.9 Å². The summed E-state index contributed by atoms with van der Waals surface area (Å²) in [6.45, 7) is 7.19. The number of benzene rings is 1. The summed E-state index contributed by atoms with van der Waals surface area (Å²) in [5, 5.41) is 9.29. The Morgan fingerprint density at radius 1 is 1.26 bits per heavy atom. The topological polar surface area (TPSA) is 49.5 Å². The molecule has 0 aliphatic carbocycles. The maximum atomic E-state index is 9.29. The summed E-state index contributed by atoms with van der Waals surface area (Å²) in [4.78, 5) is 2.28. The third-order valence-corrected chi connectivity index (χ3v) is 4.00. The van der Waals surface area contributed by atoms with Gasteiger partial charge in [0.1, 0.15) is 0 Å². The van der Waals surface area contributed by atoms with Gasteiger partial charge < -0.3 is 10.8 Å². The van der Waals surface area contributed by atoms with Crippen molar-refractivity contribution in [3.05, 3.63) is 34.3 Å². The van der Waals surface area contributed by atoms with E-state index in [-0.39, 0.29) is 18.7 Å². The molecule has 0 fully saturated rings. The molecule has 0 aliphatic heterocycles. The van der Waals surface area contributed by atoms with Crippen LogP contribution < -0.4 is 5.73 Å². The second kappa shape index (κ2) is 8.00. The summed E-state index contributed by atoms with van der Waals surface area (Å²) in [6.07, 6.45) is 0.912. The first kappa shape index (κ1) is 16.6. The van der Waals surface area contributed by atoms with Gasteiger partial charge in [0.15, 0.2) is 0 Å². The maximum absolute atomic E-state index is 9.29. The van der Waals surface area contributed by atoms with Crippen LogP contribution in [0.5, 0.6) is 0 Å². The quantitative estimate of drug-likeness (QED) is 0.809. The molecule has 2 atom stereocenters. The molecule has 0 aliphatic rings. The number of hydrogen-bond acceptors (Lipinski definition) is 3. The number of aliphatic hydroxyl groups excluding tert-OH is 1. The molecule has 0 amide bonds. The number of hydrogen-bond donors (Lipinski definition) is 2. The smallest absolute Gasteiger partial charge is 0.0558 e. The van der Waals surface area contributed by atoms with Gasteiger partial charge in [-0.05, 0) is 38.0 Å². The van der Waals surface area contributed by atoms with E-state index in [4.69, 9.17) is 5.73 Å². The van der Waals surface area contributed by atoms with Gasteiger partial charge >= 0.3 is 0 Å². The van der Waals surface area contributed by atoms with Crippen LogP contribution in [0.1, 0.15) is 38.8 Å². The van der Waals surface area contributed by atoms with Crippen LogP contribution >= 0.6 is 15.9 Å². The molecule has 1 aromatic rings. The van der Waals surface area contributed by atoms with Crippen molar-refractivity contribution in [2.75, 3.05) is 13.2 Å². The fourth-order valence-electron chi connectivity index (χ4n) is 2.40. The van der Waals surface area contributed by atoms with Crippen molar-refractivity contribution in [3.8, 4) is 0 Å².